The van der Waals surface area contributed by atoms with Gasteiger partial charge in [0.05, 0.1) is 20.1 Å². The summed E-state index contributed by atoms with van der Waals surface area (Å²) < 4.78 is 59.1. The van der Waals surface area contributed by atoms with Crippen LogP contribution in [0.4, 0.5) is 13.2 Å². The Morgan fingerprint density at radius 2 is 1.44 bits per heavy atom. The van der Waals surface area contributed by atoms with Crippen molar-refractivity contribution in [1.29, 1.82) is 0 Å². The van der Waals surface area contributed by atoms with Crippen LogP contribution >= 0.6 is 0 Å². The van der Waals surface area contributed by atoms with E-state index in [-0.39, 0.29) is 17.3 Å². The summed E-state index contributed by atoms with van der Waals surface area (Å²) in [7, 11) is 2.99. The minimum atomic E-state index is -1.21. The fraction of sp³-hybridized carbons (Fsp3) is 0.296. The lowest BCUT2D eigenvalue weighted by molar-refractivity contribution is -0.140. The van der Waals surface area contributed by atoms with Crippen molar-refractivity contribution in [2.75, 3.05) is 14.2 Å². The van der Waals surface area contributed by atoms with Gasteiger partial charge in [0.25, 0.3) is 0 Å². The molecule has 178 valence electrons. The molecular formula is C27H25F3O4. The van der Waals surface area contributed by atoms with Gasteiger partial charge in [-0.3, -0.25) is 4.79 Å². The predicted octanol–water partition coefficient (Wildman–Crippen LogP) is 6.67. The second kappa shape index (κ2) is 10.2. The quantitative estimate of drug-likeness (QED) is 0.298. The number of methoxy groups -OCH3 is 2. The number of halogens is 3. The van der Waals surface area contributed by atoms with Crippen LogP contribution in [0.1, 0.15) is 37.2 Å². The van der Waals surface area contributed by atoms with Crippen molar-refractivity contribution in [3.05, 3.63) is 77.6 Å². The van der Waals surface area contributed by atoms with E-state index < -0.39 is 29.3 Å². The first-order chi connectivity index (χ1) is 16.4. The maximum absolute atomic E-state index is 14.7. The highest BCUT2D eigenvalue weighted by Gasteiger charge is 2.30. The van der Waals surface area contributed by atoms with E-state index in [0.29, 0.717) is 48.3 Å². The lowest BCUT2D eigenvalue weighted by atomic mass is 9.78. The van der Waals surface area contributed by atoms with E-state index in [1.807, 2.05) is 0 Å². The summed E-state index contributed by atoms with van der Waals surface area (Å²) in [6, 6.07) is 13.9. The number of carbonyl (C=O) groups excluding carboxylic acids is 1. The third kappa shape index (κ3) is 4.88. The van der Waals surface area contributed by atoms with E-state index in [1.54, 1.807) is 36.4 Å². The van der Waals surface area contributed by atoms with Crippen molar-refractivity contribution in [2.45, 2.75) is 31.6 Å². The molecule has 0 saturated heterocycles. The Morgan fingerprint density at radius 3 is 2.06 bits per heavy atom. The van der Waals surface area contributed by atoms with Crippen molar-refractivity contribution < 1.29 is 32.2 Å². The molecule has 0 N–H and O–H groups in total. The van der Waals surface area contributed by atoms with Gasteiger partial charge < -0.3 is 14.2 Å². The zero-order valence-electron chi connectivity index (χ0n) is 18.9. The van der Waals surface area contributed by atoms with E-state index in [0.717, 1.165) is 0 Å². The third-order valence-corrected chi connectivity index (χ3v) is 6.37. The molecule has 0 spiro atoms. The number of hydrogen-bond donors (Lipinski definition) is 0. The number of rotatable bonds is 6. The van der Waals surface area contributed by atoms with E-state index >= 15 is 0 Å². The van der Waals surface area contributed by atoms with E-state index in [4.69, 9.17) is 14.2 Å². The molecule has 4 nitrogen and oxygen atoms in total. The van der Waals surface area contributed by atoms with E-state index in [9.17, 15) is 18.0 Å². The number of carbonyl (C=O) groups is 1. The predicted molar refractivity (Wildman–Crippen MR) is 122 cm³/mol. The molecule has 0 aromatic heterocycles. The number of hydrogen-bond acceptors (Lipinski definition) is 4. The molecule has 1 aliphatic rings. The molecule has 0 atom stereocenters. The molecule has 0 heterocycles. The highest BCUT2D eigenvalue weighted by molar-refractivity contribution is 5.76. The Labute approximate surface area is 196 Å². The SMILES string of the molecule is COc1ccc(-c2ccc(OC(=O)C3CCC(c4ccc(OC)cc4F)CC3)c(F)c2F)cc1. The Morgan fingerprint density at radius 1 is 0.794 bits per heavy atom. The highest BCUT2D eigenvalue weighted by atomic mass is 19.2. The maximum atomic E-state index is 14.7. The van der Waals surface area contributed by atoms with Crippen LogP contribution in [-0.2, 0) is 4.79 Å². The summed E-state index contributed by atoms with van der Waals surface area (Å²) in [5.74, 6) is -3.11. The van der Waals surface area contributed by atoms with Crippen LogP contribution in [0.15, 0.2) is 54.6 Å². The van der Waals surface area contributed by atoms with Gasteiger partial charge in [0.1, 0.15) is 17.3 Å². The van der Waals surface area contributed by atoms with Gasteiger partial charge in [-0.1, -0.05) is 18.2 Å². The number of ether oxygens (including phenoxy) is 3. The van der Waals surface area contributed by atoms with Gasteiger partial charge in [0.15, 0.2) is 11.6 Å². The summed E-state index contributed by atoms with van der Waals surface area (Å²) in [6.07, 6.45) is 2.14. The molecule has 7 heteroatoms. The van der Waals surface area contributed by atoms with Crippen molar-refractivity contribution in [3.63, 3.8) is 0 Å². The lowest BCUT2D eigenvalue weighted by Crippen LogP contribution is -2.25. The van der Waals surface area contributed by atoms with E-state index in [2.05, 4.69) is 0 Å². The fourth-order valence-electron chi connectivity index (χ4n) is 4.40. The molecule has 1 saturated carbocycles. The molecular weight excluding hydrogens is 445 g/mol. The van der Waals surface area contributed by atoms with Crippen LogP contribution in [0.5, 0.6) is 17.2 Å². The Kier molecular flexibility index (Phi) is 7.10. The molecule has 3 aromatic carbocycles. The molecule has 0 radical (unpaired) electrons. The van der Waals surface area contributed by atoms with Gasteiger partial charge >= 0.3 is 5.97 Å². The first-order valence-electron chi connectivity index (χ1n) is 11.1. The smallest absolute Gasteiger partial charge is 0.314 e. The van der Waals surface area contributed by atoms with Crippen LogP contribution in [0, 0.1) is 23.4 Å². The maximum Gasteiger partial charge on any atom is 0.314 e. The van der Waals surface area contributed by atoms with Gasteiger partial charge in [-0.05, 0) is 73.1 Å². The number of benzene rings is 3. The fourth-order valence-corrected chi connectivity index (χ4v) is 4.40. The molecule has 4 rings (SSSR count). The second-order valence-electron chi connectivity index (χ2n) is 8.32. The zero-order chi connectivity index (χ0) is 24.2. The second-order valence-corrected chi connectivity index (χ2v) is 8.32. The molecule has 1 fully saturated rings. The molecule has 0 aliphatic heterocycles. The van der Waals surface area contributed by atoms with Gasteiger partial charge in [-0.15, -0.1) is 0 Å². The minimum absolute atomic E-state index is 0.0204. The average molecular weight is 470 g/mol. The normalized spacial score (nSPS) is 17.8. The van der Waals surface area contributed by atoms with Crippen LogP contribution in [0.3, 0.4) is 0 Å². The van der Waals surface area contributed by atoms with Crippen LogP contribution < -0.4 is 14.2 Å². The van der Waals surface area contributed by atoms with E-state index in [1.165, 1.54) is 32.4 Å². The first-order valence-corrected chi connectivity index (χ1v) is 11.1. The summed E-state index contributed by atoms with van der Waals surface area (Å²) in [5.41, 5.74) is 1.12. The van der Waals surface area contributed by atoms with Crippen molar-refractivity contribution in [1.82, 2.24) is 0 Å². The minimum Gasteiger partial charge on any atom is -0.497 e. The Hall–Kier alpha value is -3.48. The van der Waals surface area contributed by atoms with Crippen molar-refractivity contribution >= 4 is 5.97 Å². The molecule has 0 amide bonds. The molecule has 0 unspecified atom stereocenters. The monoisotopic (exact) mass is 470 g/mol. The molecule has 1 aliphatic carbocycles. The standard InChI is InChI=1S/C27H25F3O4/c1-32-19-9-7-17(8-10-19)22-13-14-24(26(30)25(22)29)34-27(31)18-5-3-16(4-6-18)21-12-11-20(33-2)15-23(21)28/h7-16,18H,3-6H2,1-2H3. The largest absolute Gasteiger partial charge is 0.497 e. The van der Waals surface area contributed by atoms with Crippen LogP contribution in [0.25, 0.3) is 11.1 Å². The lowest BCUT2D eigenvalue weighted by Gasteiger charge is -2.27. The van der Waals surface area contributed by atoms with Crippen molar-refractivity contribution in [3.8, 4) is 28.4 Å². The molecule has 34 heavy (non-hydrogen) atoms. The van der Waals surface area contributed by atoms with Gasteiger partial charge in [-0.2, -0.15) is 4.39 Å². The van der Waals surface area contributed by atoms with Crippen LogP contribution in [0.2, 0.25) is 0 Å². The molecule has 3 aromatic rings. The zero-order valence-corrected chi connectivity index (χ0v) is 18.9. The van der Waals surface area contributed by atoms with Gasteiger partial charge in [0.2, 0.25) is 5.82 Å². The third-order valence-electron chi connectivity index (χ3n) is 6.37. The summed E-state index contributed by atoms with van der Waals surface area (Å²) in [5, 5.41) is 0. The molecule has 0 bridgehead atoms. The Balaban J connectivity index is 1.41. The van der Waals surface area contributed by atoms with Crippen molar-refractivity contribution in [2.24, 2.45) is 5.92 Å². The van der Waals surface area contributed by atoms with Crippen LogP contribution in [-0.4, -0.2) is 20.2 Å². The summed E-state index contributed by atoms with van der Waals surface area (Å²) >= 11 is 0. The Bertz CT molecular complexity index is 1170. The average Bonchev–Trinajstić information content (AvgIpc) is 2.87. The summed E-state index contributed by atoms with van der Waals surface area (Å²) in [6.45, 7) is 0. The first kappa shape index (κ1) is 23.7. The topological polar surface area (TPSA) is 44.8 Å². The highest BCUT2D eigenvalue weighted by Crippen LogP contribution is 2.39. The van der Waals surface area contributed by atoms with Gasteiger partial charge in [-0.25, -0.2) is 8.78 Å². The van der Waals surface area contributed by atoms with Gasteiger partial charge in [0, 0.05) is 11.6 Å². The number of esters is 1. The summed E-state index contributed by atoms with van der Waals surface area (Å²) in [4.78, 5) is 12.6.